The molecular weight excluding hydrogens is 250 g/mol. The Morgan fingerprint density at radius 3 is 2.44 bits per heavy atom. The van der Waals surface area contributed by atoms with E-state index in [2.05, 4.69) is 15.3 Å². The molecule has 0 spiro atoms. The summed E-state index contributed by atoms with van der Waals surface area (Å²) >= 11 is 6.13. The molecule has 1 rings (SSSR count). The molecule has 18 heavy (non-hydrogen) atoms. The number of halogens is 1. The molecule has 0 aliphatic heterocycles. The van der Waals surface area contributed by atoms with E-state index in [-0.39, 0.29) is 18.1 Å². The minimum atomic E-state index is -0.231. The number of aliphatic hydroxyl groups excluding tert-OH is 1. The molecule has 0 saturated carbocycles. The average molecular weight is 272 g/mol. The summed E-state index contributed by atoms with van der Waals surface area (Å²) in [6.07, 6.45) is 0.644. The van der Waals surface area contributed by atoms with Crippen molar-refractivity contribution in [2.24, 2.45) is 0 Å². The third kappa shape index (κ3) is 3.82. The normalized spacial score (nSPS) is 12.0. The minimum Gasteiger partial charge on any atom is -0.396 e. The van der Waals surface area contributed by atoms with Crippen molar-refractivity contribution >= 4 is 17.4 Å². The topological polar surface area (TPSA) is 58.0 Å². The highest BCUT2D eigenvalue weighted by Gasteiger charge is 2.20. The Hall–Kier alpha value is -0.870. The van der Waals surface area contributed by atoms with E-state index >= 15 is 0 Å². The zero-order chi connectivity index (χ0) is 13.9. The number of hydrogen-bond donors (Lipinski definition) is 2. The summed E-state index contributed by atoms with van der Waals surface area (Å²) < 4.78 is 0. The monoisotopic (exact) mass is 271 g/mol. The van der Waals surface area contributed by atoms with Crippen molar-refractivity contribution in [2.45, 2.75) is 52.5 Å². The fourth-order valence-corrected chi connectivity index (χ4v) is 1.72. The van der Waals surface area contributed by atoms with Crippen LogP contribution in [0, 0.1) is 6.92 Å². The van der Waals surface area contributed by atoms with Gasteiger partial charge in [-0.1, -0.05) is 25.4 Å². The summed E-state index contributed by atoms with van der Waals surface area (Å²) in [5.41, 5.74) is 0.609. The predicted octanol–water partition coefficient (Wildman–Crippen LogP) is 3.13. The second-order valence-electron chi connectivity index (χ2n) is 5.48. The van der Waals surface area contributed by atoms with Crippen LogP contribution in [0.2, 0.25) is 5.15 Å². The molecule has 0 aliphatic carbocycles. The molecule has 0 unspecified atom stereocenters. The van der Waals surface area contributed by atoms with Crippen LogP contribution in [0.25, 0.3) is 0 Å². The zero-order valence-corrected chi connectivity index (χ0v) is 12.5. The lowest BCUT2D eigenvalue weighted by Gasteiger charge is -2.27. The van der Waals surface area contributed by atoms with Gasteiger partial charge in [-0.05, 0) is 27.2 Å². The van der Waals surface area contributed by atoms with Gasteiger partial charge in [0.15, 0.2) is 0 Å². The van der Waals surface area contributed by atoms with Gasteiger partial charge in [-0.15, -0.1) is 0 Å². The molecule has 1 aromatic heterocycles. The van der Waals surface area contributed by atoms with Crippen molar-refractivity contribution in [1.29, 1.82) is 0 Å². The van der Waals surface area contributed by atoms with Gasteiger partial charge < -0.3 is 10.4 Å². The minimum absolute atomic E-state index is 0.134. The summed E-state index contributed by atoms with van der Waals surface area (Å²) in [4.78, 5) is 8.79. The molecule has 0 saturated heterocycles. The number of nitrogens with zero attached hydrogens (tertiary/aromatic N) is 2. The van der Waals surface area contributed by atoms with Crippen LogP contribution < -0.4 is 5.32 Å². The predicted molar refractivity (Wildman–Crippen MR) is 75.3 cm³/mol. The molecule has 0 fully saturated rings. The van der Waals surface area contributed by atoms with E-state index in [1.165, 1.54) is 0 Å². The van der Waals surface area contributed by atoms with Crippen LogP contribution in [-0.2, 0) is 0 Å². The van der Waals surface area contributed by atoms with Crippen molar-refractivity contribution in [3.8, 4) is 0 Å². The number of anilines is 1. The molecule has 0 bridgehead atoms. The lowest BCUT2D eigenvalue weighted by atomic mass is 10.0. The molecule has 4 nitrogen and oxygen atoms in total. The van der Waals surface area contributed by atoms with Crippen LogP contribution in [-0.4, -0.2) is 27.2 Å². The quantitative estimate of drug-likeness (QED) is 0.808. The van der Waals surface area contributed by atoms with E-state index < -0.39 is 0 Å². The Kier molecular flexibility index (Phi) is 4.93. The van der Waals surface area contributed by atoms with Crippen molar-refractivity contribution in [3.05, 3.63) is 16.5 Å². The van der Waals surface area contributed by atoms with Crippen molar-refractivity contribution < 1.29 is 5.11 Å². The van der Waals surface area contributed by atoms with E-state index in [0.717, 1.165) is 17.2 Å². The van der Waals surface area contributed by atoms with Crippen LogP contribution in [0.3, 0.4) is 0 Å². The average Bonchev–Trinajstić information content (AvgIpc) is 2.23. The molecule has 0 aromatic carbocycles. The van der Waals surface area contributed by atoms with Crippen molar-refractivity contribution in [3.63, 3.8) is 0 Å². The van der Waals surface area contributed by atoms with Gasteiger partial charge in [-0.2, -0.15) is 0 Å². The molecule has 2 N–H and O–H groups in total. The van der Waals surface area contributed by atoms with E-state index in [0.29, 0.717) is 11.6 Å². The third-order valence-electron chi connectivity index (χ3n) is 2.81. The molecule has 0 radical (unpaired) electrons. The summed E-state index contributed by atoms with van der Waals surface area (Å²) in [5.74, 6) is 1.70. The maximum atomic E-state index is 9.05. The zero-order valence-electron chi connectivity index (χ0n) is 11.7. The lowest BCUT2D eigenvalue weighted by molar-refractivity contribution is 0.260. The Morgan fingerprint density at radius 1 is 1.33 bits per heavy atom. The number of nitrogens with one attached hydrogen (secondary N) is 1. The SMILES string of the molecule is Cc1c(Cl)nc(C(C)C)nc1NC(C)(C)CCO. The number of hydrogen-bond acceptors (Lipinski definition) is 4. The number of aliphatic hydroxyl groups is 1. The molecular formula is C13H22ClN3O. The largest absolute Gasteiger partial charge is 0.396 e. The van der Waals surface area contributed by atoms with Crippen LogP contribution in [0.4, 0.5) is 5.82 Å². The van der Waals surface area contributed by atoms with Crippen LogP contribution in [0.5, 0.6) is 0 Å². The van der Waals surface area contributed by atoms with Crippen molar-refractivity contribution in [1.82, 2.24) is 9.97 Å². The van der Waals surface area contributed by atoms with Gasteiger partial charge in [0.2, 0.25) is 0 Å². The fourth-order valence-electron chi connectivity index (χ4n) is 1.55. The van der Waals surface area contributed by atoms with E-state index in [1.807, 2.05) is 34.6 Å². The molecule has 5 heteroatoms. The van der Waals surface area contributed by atoms with Gasteiger partial charge in [0, 0.05) is 23.6 Å². The first-order chi connectivity index (χ1) is 8.26. The third-order valence-corrected chi connectivity index (χ3v) is 3.18. The first-order valence-electron chi connectivity index (χ1n) is 6.20. The molecule has 1 aromatic rings. The Bertz CT molecular complexity index is 419. The van der Waals surface area contributed by atoms with E-state index in [9.17, 15) is 0 Å². The maximum Gasteiger partial charge on any atom is 0.137 e. The van der Waals surface area contributed by atoms with E-state index in [1.54, 1.807) is 0 Å². The first kappa shape index (κ1) is 15.2. The van der Waals surface area contributed by atoms with Gasteiger partial charge in [0.1, 0.15) is 16.8 Å². The maximum absolute atomic E-state index is 9.05. The van der Waals surface area contributed by atoms with Gasteiger partial charge >= 0.3 is 0 Å². The summed E-state index contributed by atoms with van der Waals surface area (Å²) in [6, 6.07) is 0. The van der Waals surface area contributed by atoms with Crippen LogP contribution >= 0.6 is 11.6 Å². The molecule has 1 heterocycles. The summed E-state index contributed by atoms with van der Waals surface area (Å²) in [5, 5.41) is 12.9. The molecule has 0 atom stereocenters. The highest BCUT2D eigenvalue weighted by atomic mass is 35.5. The summed E-state index contributed by atoms with van der Waals surface area (Å²) in [6.45, 7) is 10.1. The van der Waals surface area contributed by atoms with Gasteiger partial charge in [-0.25, -0.2) is 9.97 Å². The Labute approximate surface area is 114 Å². The van der Waals surface area contributed by atoms with Gasteiger partial charge in [0.25, 0.3) is 0 Å². The van der Waals surface area contributed by atoms with Crippen LogP contribution in [0.15, 0.2) is 0 Å². The summed E-state index contributed by atoms with van der Waals surface area (Å²) in [7, 11) is 0. The molecule has 102 valence electrons. The van der Waals surface area contributed by atoms with E-state index in [4.69, 9.17) is 16.7 Å². The Morgan fingerprint density at radius 2 is 1.94 bits per heavy atom. The number of aromatic nitrogens is 2. The standard InChI is InChI=1S/C13H22ClN3O/c1-8(2)11-15-10(14)9(3)12(16-11)17-13(4,5)6-7-18/h8,18H,6-7H2,1-5H3,(H,15,16,17). The van der Waals surface area contributed by atoms with Gasteiger partial charge in [0.05, 0.1) is 0 Å². The molecule has 0 amide bonds. The highest BCUT2D eigenvalue weighted by molar-refractivity contribution is 6.30. The molecule has 0 aliphatic rings. The second kappa shape index (κ2) is 5.85. The van der Waals surface area contributed by atoms with Crippen LogP contribution in [0.1, 0.15) is 51.4 Å². The second-order valence-corrected chi connectivity index (χ2v) is 5.84. The first-order valence-corrected chi connectivity index (χ1v) is 6.57. The fraction of sp³-hybridized carbons (Fsp3) is 0.692. The lowest BCUT2D eigenvalue weighted by Crippen LogP contribution is -2.33. The highest BCUT2D eigenvalue weighted by Crippen LogP contribution is 2.26. The van der Waals surface area contributed by atoms with Crippen molar-refractivity contribution in [2.75, 3.05) is 11.9 Å². The van der Waals surface area contributed by atoms with Gasteiger partial charge in [-0.3, -0.25) is 0 Å². The smallest absolute Gasteiger partial charge is 0.137 e. The number of rotatable bonds is 5. The Balaban J connectivity index is 3.08.